The Kier molecular flexibility index (Phi) is 5.64. The van der Waals surface area contributed by atoms with Crippen molar-refractivity contribution in [1.29, 1.82) is 0 Å². The fraction of sp³-hybridized carbons (Fsp3) is 0.0952. The summed E-state index contributed by atoms with van der Waals surface area (Å²) in [7, 11) is 0. The van der Waals surface area contributed by atoms with Crippen molar-refractivity contribution < 1.29 is 14.0 Å². The molecule has 0 saturated heterocycles. The Bertz CT molecular complexity index is 1030. The highest BCUT2D eigenvalue weighted by Gasteiger charge is 2.14. The van der Waals surface area contributed by atoms with Gasteiger partial charge in [0.05, 0.1) is 12.7 Å². The molecule has 0 atom stereocenters. The summed E-state index contributed by atoms with van der Waals surface area (Å²) < 4.78 is 15.5. The molecule has 3 rings (SSSR count). The fourth-order valence-corrected chi connectivity index (χ4v) is 2.63. The molecule has 0 aliphatic rings. The minimum Gasteiger partial charge on any atom is -0.323 e. The normalized spacial score (nSPS) is 10.4. The number of halogens is 1. The Morgan fingerprint density at radius 3 is 2.54 bits per heavy atom. The van der Waals surface area contributed by atoms with Gasteiger partial charge in [-0.2, -0.15) is 5.10 Å². The number of nitrogens with one attached hydrogen (secondary N) is 2. The van der Waals surface area contributed by atoms with Gasteiger partial charge in [-0.15, -0.1) is 0 Å². The van der Waals surface area contributed by atoms with E-state index in [4.69, 9.17) is 0 Å². The molecule has 0 aliphatic heterocycles. The summed E-state index contributed by atoms with van der Waals surface area (Å²) in [4.78, 5) is 23.9. The molecule has 142 valence electrons. The van der Waals surface area contributed by atoms with E-state index in [1.165, 1.54) is 12.1 Å². The summed E-state index contributed by atoms with van der Waals surface area (Å²) in [6.07, 6.45) is 2.78. The molecule has 2 N–H and O–H groups in total. The van der Waals surface area contributed by atoms with E-state index in [-0.39, 0.29) is 24.2 Å². The zero-order chi connectivity index (χ0) is 20.1. The number of hydrogen-bond acceptors (Lipinski definition) is 3. The third-order valence-corrected chi connectivity index (χ3v) is 4.13. The Balaban J connectivity index is 1.75. The summed E-state index contributed by atoms with van der Waals surface area (Å²) in [6.45, 7) is 5.40. The molecule has 0 saturated carbocycles. The predicted molar refractivity (Wildman–Crippen MR) is 106 cm³/mol. The number of carbonyl (C=O) groups is 2. The average molecular weight is 378 g/mol. The predicted octanol–water partition coefficient (Wildman–Crippen LogP) is 3.76. The maximum atomic E-state index is 13.9. The zero-order valence-electron chi connectivity index (χ0n) is 15.3. The lowest BCUT2D eigenvalue weighted by Crippen LogP contribution is -2.17. The Morgan fingerprint density at radius 2 is 1.86 bits per heavy atom. The molecule has 0 unspecified atom stereocenters. The van der Waals surface area contributed by atoms with Crippen molar-refractivity contribution in [1.82, 2.24) is 9.78 Å². The molecule has 2 aromatic carbocycles. The van der Waals surface area contributed by atoms with Crippen LogP contribution in [0.2, 0.25) is 0 Å². The van der Waals surface area contributed by atoms with Crippen LogP contribution in [-0.4, -0.2) is 21.6 Å². The Labute approximate surface area is 161 Å². The first kappa shape index (κ1) is 19.0. The number of anilines is 2. The quantitative estimate of drug-likeness (QED) is 0.642. The lowest BCUT2D eigenvalue weighted by molar-refractivity contribution is -0.111. The van der Waals surface area contributed by atoms with E-state index >= 15 is 0 Å². The molecule has 1 aromatic heterocycles. The second-order valence-corrected chi connectivity index (χ2v) is 6.15. The molecular formula is C21H19FN4O2. The molecule has 0 spiro atoms. The van der Waals surface area contributed by atoms with Crippen LogP contribution >= 0.6 is 0 Å². The van der Waals surface area contributed by atoms with Crippen LogP contribution in [0.25, 0.3) is 0 Å². The number of aromatic nitrogens is 2. The second kappa shape index (κ2) is 8.30. The lowest BCUT2D eigenvalue weighted by atomic mass is 10.2. The Hall–Kier alpha value is -3.74. The summed E-state index contributed by atoms with van der Waals surface area (Å²) >= 11 is 0. The van der Waals surface area contributed by atoms with Gasteiger partial charge in [-0.1, -0.05) is 24.8 Å². The van der Waals surface area contributed by atoms with E-state index in [0.717, 1.165) is 5.56 Å². The monoisotopic (exact) mass is 378 g/mol. The smallest absolute Gasteiger partial charge is 0.256 e. The highest BCUT2D eigenvalue weighted by Crippen LogP contribution is 2.19. The average Bonchev–Trinajstić information content (AvgIpc) is 3.03. The molecule has 0 fully saturated rings. The number of nitrogens with zero attached hydrogens (tertiary/aromatic N) is 2. The van der Waals surface area contributed by atoms with Crippen LogP contribution in [-0.2, 0) is 11.3 Å². The van der Waals surface area contributed by atoms with Crippen LogP contribution in [0.1, 0.15) is 21.5 Å². The molecular weight excluding hydrogens is 359 g/mol. The van der Waals surface area contributed by atoms with Gasteiger partial charge in [0, 0.05) is 22.4 Å². The number of aryl methyl sites for hydroxylation is 1. The van der Waals surface area contributed by atoms with Gasteiger partial charge in [-0.05, 0) is 43.3 Å². The van der Waals surface area contributed by atoms with Crippen molar-refractivity contribution in [3.05, 3.63) is 89.9 Å². The summed E-state index contributed by atoms with van der Waals surface area (Å²) in [5.74, 6) is -0.493. The first-order valence-corrected chi connectivity index (χ1v) is 8.58. The first-order chi connectivity index (χ1) is 13.5. The van der Waals surface area contributed by atoms with Crippen LogP contribution in [0.5, 0.6) is 0 Å². The summed E-state index contributed by atoms with van der Waals surface area (Å²) in [6, 6.07) is 12.9. The summed E-state index contributed by atoms with van der Waals surface area (Å²) in [5, 5.41) is 9.67. The van der Waals surface area contributed by atoms with Crippen molar-refractivity contribution in [2.24, 2.45) is 0 Å². The maximum Gasteiger partial charge on any atom is 0.256 e. The SMILES string of the molecule is C=CC(=O)Nc1ccc(C(=O)Nc2c(C)cnn2Cc2ccccc2F)cc1. The van der Waals surface area contributed by atoms with Crippen molar-refractivity contribution in [3.8, 4) is 0 Å². The topological polar surface area (TPSA) is 76.0 Å². The maximum absolute atomic E-state index is 13.9. The highest BCUT2D eigenvalue weighted by molar-refractivity contribution is 6.05. The minimum absolute atomic E-state index is 0.197. The number of benzene rings is 2. The van der Waals surface area contributed by atoms with E-state index in [1.807, 2.05) is 6.92 Å². The first-order valence-electron chi connectivity index (χ1n) is 8.58. The van der Waals surface area contributed by atoms with Gasteiger partial charge in [-0.3, -0.25) is 9.59 Å². The molecule has 28 heavy (non-hydrogen) atoms. The number of hydrogen-bond donors (Lipinski definition) is 2. The largest absolute Gasteiger partial charge is 0.323 e. The van der Waals surface area contributed by atoms with Crippen molar-refractivity contribution >= 4 is 23.3 Å². The molecule has 0 bridgehead atoms. The third-order valence-electron chi connectivity index (χ3n) is 4.13. The van der Waals surface area contributed by atoms with Gasteiger partial charge in [0.2, 0.25) is 5.91 Å². The molecule has 7 heteroatoms. The number of amides is 2. The van der Waals surface area contributed by atoms with E-state index in [0.29, 0.717) is 22.6 Å². The van der Waals surface area contributed by atoms with Crippen LogP contribution in [0, 0.1) is 12.7 Å². The highest BCUT2D eigenvalue weighted by atomic mass is 19.1. The van der Waals surface area contributed by atoms with E-state index in [9.17, 15) is 14.0 Å². The van der Waals surface area contributed by atoms with E-state index in [2.05, 4.69) is 22.3 Å². The fourth-order valence-electron chi connectivity index (χ4n) is 2.63. The van der Waals surface area contributed by atoms with Crippen molar-refractivity contribution in [3.63, 3.8) is 0 Å². The van der Waals surface area contributed by atoms with Crippen LogP contribution in [0.15, 0.2) is 67.4 Å². The van der Waals surface area contributed by atoms with Crippen molar-refractivity contribution in [2.75, 3.05) is 10.6 Å². The van der Waals surface area contributed by atoms with Crippen LogP contribution in [0.3, 0.4) is 0 Å². The van der Waals surface area contributed by atoms with Gasteiger partial charge in [0.15, 0.2) is 0 Å². The lowest BCUT2D eigenvalue weighted by Gasteiger charge is -2.11. The second-order valence-electron chi connectivity index (χ2n) is 6.15. The molecule has 2 amide bonds. The van der Waals surface area contributed by atoms with Crippen molar-refractivity contribution in [2.45, 2.75) is 13.5 Å². The molecule has 3 aromatic rings. The molecule has 1 heterocycles. The zero-order valence-corrected chi connectivity index (χ0v) is 15.3. The number of rotatable bonds is 6. The van der Waals surface area contributed by atoms with Gasteiger partial charge in [0.25, 0.3) is 5.91 Å². The molecule has 0 aliphatic carbocycles. The summed E-state index contributed by atoms with van der Waals surface area (Å²) in [5.41, 5.74) is 2.21. The van der Waals surface area contributed by atoms with Crippen LogP contribution < -0.4 is 10.6 Å². The van der Waals surface area contributed by atoms with E-state index in [1.54, 1.807) is 53.3 Å². The van der Waals surface area contributed by atoms with Gasteiger partial charge < -0.3 is 10.6 Å². The Morgan fingerprint density at radius 1 is 1.14 bits per heavy atom. The minimum atomic E-state index is -0.333. The number of carbonyl (C=O) groups excluding carboxylic acids is 2. The van der Waals surface area contributed by atoms with E-state index < -0.39 is 0 Å². The van der Waals surface area contributed by atoms with Gasteiger partial charge >= 0.3 is 0 Å². The standard InChI is InChI=1S/C21H19FN4O2/c1-3-19(27)24-17-10-8-15(9-11-17)21(28)25-20-14(2)12-23-26(20)13-16-6-4-5-7-18(16)22/h3-12H,1,13H2,2H3,(H,24,27)(H,25,28). The van der Waals surface area contributed by atoms with Gasteiger partial charge in [0.1, 0.15) is 11.6 Å². The third kappa shape index (κ3) is 4.32. The van der Waals surface area contributed by atoms with Crippen LogP contribution in [0.4, 0.5) is 15.9 Å². The molecule has 0 radical (unpaired) electrons. The van der Waals surface area contributed by atoms with Gasteiger partial charge in [-0.25, -0.2) is 9.07 Å². The molecule has 6 nitrogen and oxygen atoms in total.